The lowest BCUT2D eigenvalue weighted by Crippen LogP contribution is -2.52. The van der Waals surface area contributed by atoms with Crippen LogP contribution < -0.4 is 5.32 Å². The number of nitrogens with one attached hydrogen (secondary N) is 1. The molecule has 1 aromatic carbocycles. The van der Waals surface area contributed by atoms with Crippen molar-refractivity contribution >= 4 is 11.7 Å². The molecule has 1 aromatic rings. The molecule has 2 amide bonds. The van der Waals surface area contributed by atoms with E-state index in [2.05, 4.69) is 52.9 Å². The van der Waals surface area contributed by atoms with Gasteiger partial charge in [0.15, 0.2) is 0 Å². The summed E-state index contributed by atoms with van der Waals surface area (Å²) in [6.07, 6.45) is 0.994. The Morgan fingerprint density at radius 1 is 1.20 bits per heavy atom. The fraction of sp³-hybridized carbons (Fsp3) is 0.588. The molecule has 0 bridgehead atoms. The van der Waals surface area contributed by atoms with Crippen LogP contribution in [0.25, 0.3) is 0 Å². The Morgan fingerprint density at radius 3 is 2.45 bits per heavy atom. The Hall–Kier alpha value is -1.51. The Balaban J connectivity index is 2.39. The van der Waals surface area contributed by atoms with Crippen molar-refractivity contribution in [3.05, 3.63) is 28.3 Å². The maximum Gasteiger partial charge on any atom is 0.322 e. The van der Waals surface area contributed by atoms with Crippen molar-refractivity contribution in [2.24, 2.45) is 0 Å². The number of carbonyl (C=O) groups excluding carboxylic acids is 1. The van der Waals surface area contributed by atoms with Crippen molar-refractivity contribution in [1.82, 2.24) is 4.90 Å². The van der Waals surface area contributed by atoms with E-state index < -0.39 is 0 Å². The second-order valence-electron chi connectivity index (χ2n) is 7.14. The maximum absolute atomic E-state index is 12.4. The third-order valence-electron chi connectivity index (χ3n) is 5.11. The van der Waals surface area contributed by atoms with Crippen LogP contribution in [0.2, 0.25) is 0 Å². The van der Waals surface area contributed by atoms with Crippen molar-refractivity contribution in [3.8, 4) is 0 Å². The lowest BCUT2D eigenvalue weighted by molar-refractivity contribution is 0.123. The minimum absolute atomic E-state index is 0.0399. The highest BCUT2D eigenvalue weighted by Gasteiger charge is 2.53. The predicted octanol–water partition coefficient (Wildman–Crippen LogP) is 4.07. The zero-order chi connectivity index (χ0) is 14.9. The summed E-state index contributed by atoms with van der Waals surface area (Å²) in [5, 5.41) is 3.12. The lowest BCUT2D eigenvalue weighted by atomic mass is 9.83. The smallest absolute Gasteiger partial charge is 0.315 e. The molecule has 0 unspecified atom stereocenters. The molecule has 3 heteroatoms. The molecule has 3 rings (SSSR count). The van der Waals surface area contributed by atoms with Gasteiger partial charge in [-0.3, -0.25) is 0 Å². The highest BCUT2D eigenvalue weighted by molar-refractivity contribution is 5.96. The Morgan fingerprint density at radius 2 is 1.85 bits per heavy atom. The fourth-order valence-electron chi connectivity index (χ4n) is 4.72. The lowest BCUT2D eigenvalue weighted by Gasteiger charge is -2.44. The first kappa shape index (κ1) is 13.5. The van der Waals surface area contributed by atoms with E-state index >= 15 is 0 Å². The van der Waals surface area contributed by atoms with E-state index in [1.165, 1.54) is 22.3 Å². The number of carbonyl (C=O) groups is 1. The van der Waals surface area contributed by atoms with Crippen LogP contribution in [0.3, 0.4) is 0 Å². The van der Waals surface area contributed by atoms with Gasteiger partial charge >= 0.3 is 6.03 Å². The molecule has 0 spiro atoms. The van der Waals surface area contributed by atoms with Crippen molar-refractivity contribution in [1.29, 1.82) is 0 Å². The molecule has 20 heavy (non-hydrogen) atoms. The van der Waals surface area contributed by atoms with Gasteiger partial charge < -0.3 is 10.2 Å². The monoisotopic (exact) mass is 272 g/mol. The number of benzene rings is 1. The quantitative estimate of drug-likeness (QED) is 0.821. The van der Waals surface area contributed by atoms with Gasteiger partial charge in [-0.15, -0.1) is 0 Å². The molecule has 108 valence electrons. The second-order valence-corrected chi connectivity index (χ2v) is 7.14. The molecule has 0 saturated carbocycles. The fourth-order valence-corrected chi connectivity index (χ4v) is 4.72. The van der Waals surface area contributed by atoms with Crippen molar-refractivity contribution in [2.45, 2.75) is 58.9 Å². The van der Waals surface area contributed by atoms with E-state index in [-0.39, 0.29) is 17.0 Å². The van der Waals surface area contributed by atoms with Gasteiger partial charge in [0.25, 0.3) is 0 Å². The van der Waals surface area contributed by atoms with Crippen LogP contribution in [0.5, 0.6) is 0 Å². The van der Waals surface area contributed by atoms with Gasteiger partial charge in [0, 0.05) is 12.1 Å². The second kappa shape index (κ2) is 3.78. The highest BCUT2D eigenvalue weighted by Crippen LogP contribution is 2.57. The van der Waals surface area contributed by atoms with Crippen LogP contribution in [0.15, 0.2) is 6.07 Å². The normalized spacial score (nSPS) is 26.5. The molecule has 1 heterocycles. The first-order valence-corrected chi connectivity index (χ1v) is 7.46. The summed E-state index contributed by atoms with van der Waals surface area (Å²) in [5.74, 6) is 0. The number of amides is 2. The van der Waals surface area contributed by atoms with E-state index in [1.807, 2.05) is 4.90 Å². The molecule has 1 aliphatic heterocycles. The molecule has 1 N–H and O–H groups in total. The average molecular weight is 272 g/mol. The van der Waals surface area contributed by atoms with Crippen molar-refractivity contribution < 1.29 is 4.79 Å². The maximum atomic E-state index is 12.4. The minimum Gasteiger partial charge on any atom is -0.315 e. The average Bonchev–Trinajstić information content (AvgIpc) is 2.52. The third-order valence-corrected chi connectivity index (χ3v) is 5.11. The highest BCUT2D eigenvalue weighted by atomic mass is 16.2. The topological polar surface area (TPSA) is 32.3 Å². The van der Waals surface area contributed by atoms with E-state index in [1.54, 1.807) is 0 Å². The third kappa shape index (κ3) is 1.44. The van der Waals surface area contributed by atoms with E-state index in [0.717, 1.165) is 18.7 Å². The summed E-state index contributed by atoms with van der Waals surface area (Å²) in [6.45, 7) is 13.9. The minimum atomic E-state index is -0.179. The summed E-state index contributed by atoms with van der Waals surface area (Å²) < 4.78 is 0. The first-order chi connectivity index (χ1) is 9.22. The van der Waals surface area contributed by atoms with Crippen LogP contribution >= 0.6 is 0 Å². The predicted molar refractivity (Wildman–Crippen MR) is 82.3 cm³/mol. The van der Waals surface area contributed by atoms with Crippen LogP contribution in [-0.4, -0.2) is 17.5 Å². The Labute approximate surface area is 121 Å². The molecule has 0 radical (unpaired) electrons. The van der Waals surface area contributed by atoms with Crippen molar-refractivity contribution in [2.75, 3.05) is 11.9 Å². The van der Waals surface area contributed by atoms with E-state index in [0.29, 0.717) is 0 Å². The van der Waals surface area contributed by atoms with E-state index in [4.69, 9.17) is 0 Å². The number of rotatable bonds is 1. The molecule has 0 aromatic heterocycles. The van der Waals surface area contributed by atoms with Gasteiger partial charge in [0.05, 0.1) is 11.2 Å². The Bertz CT molecular complexity index is 618. The van der Waals surface area contributed by atoms with Crippen LogP contribution in [0.1, 0.15) is 56.4 Å². The van der Waals surface area contributed by atoms with Gasteiger partial charge in [-0.2, -0.15) is 0 Å². The van der Waals surface area contributed by atoms with Crippen molar-refractivity contribution in [3.63, 3.8) is 0 Å². The SMILES string of the molecule is CCN1C(=O)Nc2c(C)cc(C)c3c2[C@]1(C)CC3(C)C. The summed E-state index contributed by atoms with van der Waals surface area (Å²) in [7, 11) is 0. The molecule has 1 atom stereocenters. The molecule has 0 fully saturated rings. The van der Waals surface area contributed by atoms with Gasteiger partial charge in [-0.1, -0.05) is 19.9 Å². The first-order valence-electron chi connectivity index (χ1n) is 7.46. The number of urea groups is 1. The summed E-state index contributed by atoms with van der Waals surface area (Å²) in [5.41, 5.74) is 6.28. The molecule has 3 nitrogen and oxygen atoms in total. The standard InChI is InChI=1S/C17H24N2O/c1-7-19-15(20)18-14-11(3)8-10(2)12-13(14)17(19,6)9-16(12,4)5/h8H,7,9H2,1-6H3,(H,18,20)/t17-/m0/s1. The molecular formula is C17H24N2O. The van der Waals surface area contributed by atoms with Crippen LogP contribution in [0.4, 0.5) is 10.5 Å². The number of anilines is 1. The number of hydrogen-bond donors (Lipinski definition) is 1. The number of hydrogen-bond acceptors (Lipinski definition) is 1. The van der Waals surface area contributed by atoms with Gasteiger partial charge in [0.2, 0.25) is 0 Å². The van der Waals surface area contributed by atoms with Gasteiger partial charge in [-0.25, -0.2) is 4.79 Å². The van der Waals surface area contributed by atoms with Gasteiger partial charge in [0.1, 0.15) is 0 Å². The van der Waals surface area contributed by atoms with E-state index in [9.17, 15) is 4.79 Å². The molecule has 1 aliphatic carbocycles. The van der Waals surface area contributed by atoms with Gasteiger partial charge in [-0.05, 0) is 56.2 Å². The summed E-state index contributed by atoms with van der Waals surface area (Å²) in [4.78, 5) is 14.4. The molecule has 2 aliphatic rings. The largest absolute Gasteiger partial charge is 0.322 e. The Kier molecular flexibility index (Phi) is 2.54. The number of aryl methyl sites for hydroxylation is 2. The zero-order valence-electron chi connectivity index (χ0n) is 13.3. The number of nitrogens with zero attached hydrogens (tertiary/aromatic N) is 1. The van der Waals surface area contributed by atoms with Crippen LogP contribution in [-0.2, 0) is 11.0 Å². The zero-order valence-corrected chi connectivity index (χ0v) is 13.3. The molecule has 0 saturated heterocycles. The molecular weight excluding hydrogens is 248 g/mol. The van der Waals surface area contributed by atoms with Crippen LogP contribution in [0, 0.1) is 13.8 Å². The summed E-state index contributed by atoms with van der Waals surface area (Å²) >= 11 is 0. The summed E-state index contributed by atoms with van der Waals surface area (Å²) in [6, 6.07) is 2.25.